The number of fused-ring (bicyclic) bond motifs is 1. The monoisotopic (exact) mass is 296 g/mol. The molecule has 0 saturated heterocycles. The van der Waals surface area contributed by atoms with Crippen molar-refractivity contribution >= 4 is 26.7 Å². The lowest BCUT2D eigenvalue weighted by Crippen LogP contribution is -1.88. The highest BCUT2D eigenvalue weighted by Gasteiger charge is 2.07. The van der Waals surface area contributed by atoms with E-state index in [1.54, 1.807) is 0 Å². The zero-order chi connectivity index (χ0) is 12.4. The standard InChI is InChI=1S/C17H13Br/c18-12-17-15-9-5-4-8-14(15)10-11-16(17)13-6-2-1-3-7-13/h1-11H,12H2. The summed E-state index contributed by atoms with van der Waals surface area (Å²) in [5, 5.41) is 3.50. The van der Waals surface area contributed by atoms with E-state index in [0.29, 0.717) is 0 Å². The van der Waals surface area contributed by atoms with Crippen molar-refractivity contribution in [3.8, 4) is 11.1 Å². The van der Waals surface area contributed by atoms with Crippen LogP contribution in [0.25, 0.3) is 21.9 Å². The second kappa shape index (κ2) is 4.95. The van der Waals surface area contributed by atoms with Gasteiger partial charge in [-0.05, 0) is 27.5 Å². The summed E-state index contributed by atoms with van der Waals surface area (Å²) in [6.07, 6.45) is 0. The molecule has 0 unspecified atom stereocenters. The maximum Gasteiger partial charge on any atom is 0.0295 e. The average Bonchev–Trinajstić information content (AvgIpc) is 2.47. The molecule has 0 aliphatic carbocycles. The maximum absolute atomic E-state index is 3.63. The molecule has 0 fully saturated rings. The van der Waals surface area contributed by atoms with Gasteiger partial charge in [0.2, 0.25) is 0 Å². The highest BCUT2D eigenvalue weighted by molar-refractivity contribution is 9.08. The van der Waals surface area contributed by atoms with E-state index in [9.17, 15) is 0 Å². The lowest BCUT2D eigenvalue weighted by molar-refractivity contribution is 1.47. The molecule has 0 N–H and O–H groups in total. The predicted molar refractivity (Wildman–Crippen MR) is 82.0 cm³/mol. The molecule has 1 heteroatoms. The topological polar surface area (TPSA) is 0 Å². The van der Waals surface area contributed by atoms with Crippen LogP contribution in [0.3, 0.4) is 0 Å². The molecule has 0 atom stereocenters. The van der Waals surface area contributed by atoms with Crippen molar-refractivity contribution in [1.82, 2.24) is 0 Å². The number of hydrogen-bond donors (Lipinski definition) is 0. The lowest BCUT2D eigenvalue weighted by atomic mass is 9.95. The smallest absolute Gasteiger partial charge is 0.0295 e. The van der Waals surface area contributed by atoms with Crippen molar-refractivity contribution in [3.05, 3.63) is 72.3 Å². The Bertz CT molecular complexity index is 672. The summed E-state index contributed by atoms with van der Waals surface area (Å²) >= 11 is 3.63. The summed E-state index contributed by atoms with van der Waals surface area (Å²) in [5.74, 6) is 0. The van der Waals surface area contributed by atoms with Gasteiger partial charge in [0, 0.05) is 5.33 Å². The van der Waals surface area contributed by atoms with Crippen molar-refractivity contribution in [1.29, 1.82) is 0 Å². The molecule has 3 aromatic rings. The van der Waals surface area contributed by atoms with Crippen LogP contribution < -0.4 is 0 Å². The van der Waals surface area contributed by atoms with Gasteiger partial charge < -0.3 is 0 Å². The second-order valence-corrected chi connectivity index (χ2v) is 4.87. The minimum Gasteiger partial charge on any atom is -0.0876 e. The molecular formula is C17H13Br. The Morgan fingerprint density at radius 2 is 1.44 bits per heavy atom. The van der Waals surface area contributed by atoms with E-state index in [4.69, 9.17) is 0 Å². The van der Waals surface area contributed by atoms with Crippen LogP contribution in [0.4, 0.5) is 0 Å². The minimum absolute atomic E-state index is 0.874. The first-order chi connectivity index (χ1) is 8.90. The summed E-state index contributed by atoms with van der Waals surface area (Å²) in [6.45, 7) is 0. The van der Waals surface area contributed by atoms with E-state index in [1.165, 1.54) is 27.5 Å². The highest BCUT2D eigenvalue weighted by Crippen LogP contribution is 2.31. The van der Waals surface area contributed by atoms with Crippen molar-refractivity contribution in [2.75, 3.05) is 0 Å². The molecule has 3 aromatic carbocycles. The largest absolute Gasteiger partial charge is 0.0876 e. The van der Waals surface area contributed by atoms with Crippen molar-refractivity contribution in [2.24, 2.45) is 0 Å². The molecule has 3 rings (SSSR count). The van der Waals surface area contributed by atoms with Gasteiger partial charge in [-0.2, -0.15) is 0 Å². The Hall–Kier alpha value is -1.60. The number of hydrogen-bond acceptors (Lipinski definition) is 0. The zero-order valence-corrected chi connectivity index (χ0v) is 11.5. The van der Waals surface area contributed by atoms with Gasteiger partial charge in [0.05, 0.1) is 0 Å². The molecule has 0 saturated carbocycles. The molecule has 0 heterocycles. The first-order valence-electron chi connectivity index (χ1n) is 6.02. The third-order valence-corrected chi connectivity index (χ3v) is 3.82. The summed E-state index contributed by atoms with van der Waals surface area (Å²) < 4.78 is 0. The van der Waals surface area contributed by atoms with Gasteiger partial charge in [-0.25, -0.2) is 0 Å². The van der Waals surface area contributed by atoms with Gasteiger partial charge in [-0.15, -0.1) is 0 Å². The quantitative estimate of drug-likeness (QED) is 0.555. The fourth-order valence-electron chi connectivity index (χ4n) is 2.37. The van der Waals surface area contributed by atoms with E-state index < -0.39 is 0 Å². The maximum atomic E-state index is 3.63. The summed E-state index contributed by atoms with van der Waals surface area (Å²) in [4.78, 5) is 0. The number of benzene rings is 3. The van der Waals surface area contributed by atoms with E-state index in [0.717, 1.165) is 5.33 Å². The number of halogens is 1. The van der Waals surface area contributed by atoms with Gasteiger partial charge >= 0.3 is 0 Å². The van der Waals surface area contributed by atoms with E-state index in [-0.39, 0.29) is 0 Å². The van der Waals surface area contributed by atoms with Crippen molar-refractivity contribution < 1.29 is 0 Å². The zero-order valence-electron chi connectivity index (χ0n) is 9.94. The van der Waals surface area contributed by atoms with Gasteiger partial charge in [0.15, 0.2) is 0 Å². The molecule has 0 amide bonds. The third kappa shape index (κ3) is 1.95. The van der Waals surface area contributed by atoms with Crippen LogP contribution in [0, 0.1) is 0 Å². The molecular weight excluding hydrogens is 284 g/mol. The molecule has 0 bridgehead atoms. The Labute approximate surface area is 115 Å². The van der Waals surface area contributed by atoms with E-state index in [1.807, 2.05) is 0 Å². The van der Waals surface area contributed by atoms with Crippen LogP contribution in [0.5, 0.6) is 0 Å². The molecule has 88 valence electrons. The van der Waals surface area contributed by atoms with Crippen molar-refractivity contribution in [3.63, 3.8) is 0 Å². The van der Waals surface area contributed by atoms with Gasteiger partial charge in [0.1, 0.15) is 0 Å². The fourth-order valence-corrected chi connectivity index (χ4v) is 2.97. The van der Waals surface area contributed by atoms with E-state index >= 15 is 0 Å². The van der Waals surface area contributed by atoms with Crippen LogP contribution in [0.1, 0.15) is 5.56 Å². The minimum atomic E-state index is 0.874. The van der Waals surface area contributed by atoms with E-state index in [2.05, 4.69) is 82.7 Å². The molecule has 0 nitrogen and oxygen atoms in total. The first kappa shape index (κ1) is 11.5. The summed E-state index contributed by atoms with van der Waals surface area (Å²) in [7, 11) is 0. The first-order valence-corrected chi connectivity index (χ1v) is 7.14. The molecule has 0 aromatic heterocycles. The van der Waals surface area contributed by atoms with Crippen LogP contribution in [-0.2, 0) is 5.33 Å². The van der Waals surface area contributed by atoms with Crippen molar-refractivity contribution in [2.45, 2.75) is 5.33 Å². The second-order valence-electron chi connectivity index (χ2n) is 4.31. The lowest BCUT2D eigenvalue weighted by Gasteiger charge is -2.11. The summed E-state index contributed by atoms with van der Waals surface area (Å²) in [5.41, 5.74) is 3.95. The Morgan fingerprint density at radius 1 is 0.722 bits per heavy atom. The molecule has 0 aliphatic rings. The molecule has 0 radical (unpaired) electrons. The van der Waals surface area contributed by atoms with Crippen LogP contribution in [0.15, 0.2) is 66.7 Å². The Morgan fingerprint density at radius 3 is 2.22 bits per heavy atom. The normalized spacial score (nSPS) is 10.7. The Balaban J connectivity index is 2.31. The van der Waals surface area contributed by atoms with Gasteiger partial charge in [-0.3, -0.25) is 0 Å². The van der Waals surface area contributed by atoms with Crippen LogP contribution in [0.2, 0.25) is 0 Å². The average molecular weight is 297 g/mol. The Kier molecular flexibility index (Phi) is 3.16. The molecule has 0 spiro atoms. The SMILES string of the molecule is BrCc1c(-c2ccccc2)ccc2ccccc12. The van der Waals surface area contributed by atoms with Gasteiger partial charge in [0.25, 0.3) is 0 Å². The third-order valence-electron chi connectivity index (χ3n) is 3.26. The highest BCUT2D eigenvalue weighted by atomic mass is 79.9. The molecule has 0 aliphatic heterocycles. The number of rotatable bonds is 2. The number of alkyl halides is 1. The van der Waals surface area contributed by atoms with Crippen LogP contribution >= 0.6 is 15.9 Å². The predicted octanol–water partition coefficient (Wildman–Crippen LogP) is 5.40. The van der Waals surface area contributed by atoms with Gasteiger partial charge in [-0.1, -0.05) is 82.7 Å². The summed E-state index contributed by atoms with van der Waals surface area (Å²) in [6, 6.07) is 23.5. The molecule has 18 heavy (non-hydrogen) atoms. The fraction of sp³-hybridized carbons (Fsp3) is 0.0588. The van der Waals surface area contributed by atoms with Crippen LogP contribution in [-0.4, -0.2) is 0 Å².